The van der Waals surface area contributed by atoms with Crippen LogP contribution in [-0.2, 0) is 6.16 Å². The fourth-order valence-corrected chi connectivity index (χ4v) is 3.62. The second-order valence-corrected chi connectivity index (χ2v) is 7.22. The molecule has 0 heterocycles. The monoisotopic (exact) mass is 340 g/mol. The lowest BCUT2D eigenvalue weighted by Crippen LogP contribution is -2.11. The third-order valence-corrected chi connectivity index (χ3v) is 5.47. The first kappa shape index (κ1) is 17.2. The van der Waals surface area contributed by atoms with Gasteiger partial charge in [-0.3, -0.25) is 0 Å². The largest absolute Gasteiger partial charge is 0.423 e. The van der Waals surface area contributed by atoms with Crippen LogP contribution in [0.4, 0.5) is 0 Å². The molecule has 3 rings (SSSR count). The summed E-state index contributed by atoms with van der Waals surface area (Å²) in [5, 5.41) is 0. The van der Waals surface area contributed by atoms with Crippen molar-refractivity contribution in [1.29, 1.82) is 0 Å². The molecule has 0 aliphatic heterocycles. The number of ether oxygens (including phenoxy) is 1. The van der Waals surface area contributed by atoms with Gasteiger partial charge < -0.3 is 4.74 Å². The maximum atomic E-state index is 12.2. The minimum Gasteiger partial charge on any atom is -0.423 e. The average molecular weight is 340 g/mol. The first-order valence-corrected chi connectivity index (χ1v) is 9.58. The van der Waals surface area contributed by atoms with E-state index in [1.54, 1.807) is 0 Å². The SMILES string of the molecule is CC1CCC(c2ccc(OC(=O)c3ccc(CP)cc3)cc2)CC1. The summed E-state index contributed by atoms with van der Waals surface area (Å²) in [5.41, 5.74) is 3.14. The molecule has 1 aliphatic rings. The van der Waals surface area contributed by atoms with Gasteiger partial charge in [0.2, 0.25) is 0 Å². The van der Waals surface area contributed by atoms with E-state index < -0.39 is 0 Å². The fourth-order valence-electron chi connectivity index (χ4n) is 3.34. The Morgan fingerprint density at radius 3 is 2.21 bits per heavy atom. The number of hydrogen-bond donors (Lipinski definition) is 0. The lowest BCUT2D eigenvalue weighted by atomic mass is 9.79. The lowest BCUT2D eigenvalue weighted by Gasteiger charge is -2.26. The van der Waals surface area contributed by atoms with Gasteiger partial charge in [-0.25, -0.2) is 4.79 Å². The Labute approximate surface area is 146 Å². The van der Waals surface area contributed by atoms with Crippen molar-refractivity contribution < 1.29 is 9.53 Å². The van der Waals surface area contributed by atoms with E-state index in [2.05, 4.69) is 28.3 Å². The van der Waals surface area contributed by atoms with Gasteiger partial charge in [-0.15, -0.1) is 9.24 Å². The summed E-state index contributed by atoms with van der Waals surface area (Å²) in [6.45, 7) is 2.34. The van der Waals surface area contributed by atoms with Crippen molar-refractivity contribution in [3.05, 3.63) is 65.2 Å². The van der Waals surface area contributed by atoms with Crippen LogP contribution in [0.3, 0.4) is 0 Å². The number of esters is 1. The first-order chi connectivity index (χ1) is 11.7. The molecule has 0 radical (unpaired) electrons. The highest BCUT2D eigenvalue weighted by molar-refractivity contribution is 7.15. The zero-order chi connectivity index (χ0) is 16.9. The number of carbonyl (C=O) groups is 1. The zero-order valence-electron chi connectivity index (χ0n) is 14.2. The maximum absolute atomic E-state index is 12.2. The highest BCUT2D eigenvalue weighted by Crippen LogP contribution is 2.35. The van der Waals surface area contributed by atoms with Crippen molar-refractivity contribution >= 4 is 15.2 Å². The summed E-state index contributed by atoms with van der Waals surface area (Å²) in [4.78, 5) is 12.2. The Kier molecular flexibility index (Phi) is 5.68. The van der Waals surface area contributed by atoms with Crippen LogP contribution >= 0.6 is 9.24 Å². The smallest absolute Gasteiger partial charge is 0.343 e. The van der Waals surface area contributed by atoms with E-state index in [0.717, 1.165) is 12.1 Å². The minimum absolute atomic E-state index is 0.301. The number of carbonyl (C=O) groups excluding carboxylic acids is 1. The summed E-state index contributed by atoms with van der Waals surface area (Å²) < 4.78 is 5.49. The predicted octanol–water partition coefficient (Wildman–Crippen LogP) is 5.57. The third-order valence-electron chi connectivity index (χ3n) is 5.00. The molecule has 3 heteroatoms. The van der Waals surface area contributed by atoms with E-state index >= 15 is 0 Å². The highest BCUT2D eigenvalue weighted by Gasteiger charge is 2.19. The first-order valence-electron chi connectivity index (χ1n) is 8.77. The fraction of sp³-hybridized carbons (Fsp3) is 0.381. The van der Waals surface area contributed by atoms with Crippen LogP contribution in [0, 0.1) is 5.92 Å². The molecule has 0 spiro atoms. The quantitative estimate of drug-likeness (QED) is 0.413. The molecule has 1 unspecified atom stereocenters. The van der Waals surface area contributed by atoms with Crippen LogP contribution in [0.2, 0.25) is 0 Å². The second kappa shape index (κ2) is 7.94. The molecule has 1 aliphatic carbocycles. The Bertz CT molecular complexity index is 668. The number of benzene rings is 2. The van der Waals surface area contributed by atoms with Crippen LogP contribution in [0.25, 0.3) is 0 Å². The maximum Gasteiger partial charge on any atom is 0.343 e. The van der Waals surface area contributed by atoms with Crippen molar-refractivity contribution in [2.24, 2.45) is 5.92 Å². The molecule has 1 saturated carbocycles. The Hall–Kier alpha value is -1.66. The lowest BCUT2D eigenvalue weighted by molar-refractivity contribution is 0.0734. The third kappa shape index (κ3) is 4.24. The van der Waals surface area contributed by atoms with E-state index in [1.807, 2.05) is 36.4 Å². The van der Waals surface area contributed by atoms with Crippen molar-refractivity contribution in [2.75, 3.05) is 0 Å². The van der Waals surface area contributed by atoms with Gasteiger partial charge in [0.25, 0.3) is 0 Å². The number of rotatable bonds is 4. The minimum atomic E-state index is -0.301. The summed E-state index contributed by atoms with van der Waals surface area (Å²) in [7, 11) is 2.68. The molecule has 24 heavy (non-hydrogen) atoms. The van der Waals surface area contributed by atoms with Crippen LogP contribution in [-0.4, -0.2) is 5.97 Å². The Morgan fingerprint density at radius 1 is 1.00 bits per heavy atom. The van der Waals surface area contributed by atoms with Gasteiger partial charge in [-0.05, 0) is 66.2 Å². The van der Waals surface area contributed by atoms with E-state index in [0.29, 0.717) is 17.2 Å². The van der Waals surface area contributed by atoms with E-state index in [9.17, 15) is 4.79 Å². The molecule has 2 aromatic rings. The van der Waals surface area contributed by atoms with Crippen molar-refractivity contribution in [2.45, 2.75) is 44.7 Å². The second-order valence-electron chi connectivity index (χ2n) is 6.82. The molecule has 0 amide bonds. The molecule has 126 valence electrons. The summed E-state index contributed by atoms with van der Waals surface area (Å²) in [5.74, 6) is 1.83. The molecule has 1 fully saturated rings. The van der Waals surface area contributed by atoms with Gasteiger partial charge in [0.05, 0.1) is 5.56 Å². The zero-order valence-corrected chi connectivity index (χ0v) is 15.4. The Morgan fingerprint density at radius 2 is 1.62 bits per heavy atom. The molecule has 0 saturated heterocycles. The van der Waals surface area contributed by atoms with Gasteiger partial charge in [0.1, 0.15) is 5.75 Å². The number of hydrogen-bond acceptors (Lipinski definition) is 2. The summed E-state index contributed by atoms with van der Waals surface area (Å²) >= 11 is 0. The molecule has 2 nitrogen and oxygen atoms in total. The standard InChI is InChI=1S/C21H25O2P/c1-15-2-6-17(7-3-15)18-10-12-20(13-11-18)23-21(22)19-8-4-16(14-24)5-9-19/h4-5,8-13,15,17H,2-3,6-7,14,24H2,1H3. The van der Waals surface area contributed by atoms with Gasteiger partial charge in [0, 0.05) is 0 Å². The van der Waals surface area contributed by atoms with Gasteiger partial charge in [-0.2, -0.15) is 0 Å². The van der Waals surface area contributed by atoms with E-state index in [4.69, 9.17) is 4.74 Å². The van der Waals surface area contributed by atoms with Crippen LogP contribution in [0.5, 0.6) is 5.75 Å². The Balaban J connectivity index is 1.62. The van der Waals surface area contributed by atoms with Crippen molar-refractivity contribution in [3.8, 4) is 5.75 Å². The molecular weight excluding hydrogens is 315 g/mol. The van der Waals surface area contributed by atoms with E-state index in [1.165, 1.54) is 36.8 Å². The van der Waals surface area contributed by atoms with Crippen LogP contribution in [0.1, 0.15) is 60.0 Å². The molecule has 0 aromatic heterocycles. The van der Waals surface area contributed by atoms with Crippen molar-refractivity contribution in [1.82, 2.24) is 0 Å². The predicted molar refractivity (Wildman–Crippen MR) is 102 cm³/mol. The summed E-state index contributed by atoms with van der Waals surface area (Å²) in [6.07, 6.45) is 6.04. The van der Waals surface area contributed by atoms with Crippen LogP contribution in [0.15, 0.2) is 48.5 Å². The molecule has 1 atom stereocenters. The molecule has 0 N–H and O–H groups in total. The molecule has 2 aromatic carbocycles. The van der Waals surface area contributed by atoms with Crippen molar-refractivity contribution in [3.63, 3.8) is 0 Å². The molecular formula is C21H25O2P. The average Bonchev–Trinajstić information content (AvgIpc) is 2.63. The molecule has 0 bridgehead atoms. The summed E-state index contributed by atoms with van der Waals surface area (Å²) in [6, 6.07) is 15.6. The van der Waals surface area contributed by atoms with E-state index in [-0.39, 0.29) is 5.97 Å². The van der Waals surface area contributed by atoms with Gasteiger partial charge in [-0.1, -0.05) is 44.0 Å². The van der Waals surface area contributed by atoms with Gasteiger partial charge in [0.15, 0.2) is 0 Å². The normalized spacial score (nSPS) is 20.6. The van der Waals surface area contributed by atoms with Gasteiger partial charge >= 0.3 is 5.97 Å². The highest BCUT2D eigenvalue weighted by atomic mass is 31.0. The van der Waals surface area contributed by atoms with Crippen LogP contribution < -0.4 is 4.74 Å². The topological polar surface area (TPSA) is 26.3 Å².